The first-order valence-corrected chi connectivity index (χ1v) is 11.0. The number of amides is 1. The zero-order chi connectivity index (χ0) is 21.4. The molecule has 1 amide bonds. The Labute approximate surface area is 183 Å². The van der Waals surface area contributed by atoms with Gasteiger partial charge in [-0.25, -0.2) is 0 Å². The van der Waals surface area contributed by atoms with E-state index in [4.69, 9.17) is 9.47 Å². The zero-order valence-corrected chi connectivity index (χ0v) is 18.2. The molecule has 1 aliphatic heterocycles. The normalized spacial score (nSPS) is 14.4. The highest BCUT2D eigenvalue weighted by Crippen LogP contribution is 2.33. The molecule has 5 rings (SSSR count). The number of aryl methyl sites for hydroxylation is 1. The van der Waals surface area contributed by atoms with Crippen LogP contribution in [0.25, 0.3) is 0 Å². The fourth-order valence-electron chi connectivity index (χ4n) is 4.81. The molecular formula is C26H28N2O3. The van der Waals surface area contributed by atoms with E-state index >= 15 is 0 Å². The van der Waals surface area contributed by atoms with E-state index in [0.717, 1.165) is 47.7 Å². The summed E-state index contributed by atoms with van der Waals surface area (Å²) in [6.07, 6.45) is 4.48. The van der Waals surface area contributed by atoms with Crippen LogP contribution >= 0.6 is 0 Å². The van der Waals surface area contributed by atoms with Gasteiger partial charge >= 0.3 is 0 Å². The molecule has 0 fully saturated rings. The summed E-state index contributed by atoms with van der Waals surface area (Å²) in [5.41, 5.74) is 8.15. The molecule has 2 aromatic carbocycles. The fourth-order valence-corrected chi connectivity index (χ4v) is 4.81. The van der Waals surface area contributed by atoms with E-state index in [9.17, 15) is 4.79 Å². The summed E-state index contributed by atoms with van der Waals surface area (Å²) in [7, 11) is 0. The Morgan fingerprint density at radius 1 is 1.03 bits per heavy atom. The van der Waals surface area contributed by atoms with Crippen molar-refractivity contribution in [3.8, 4) is 11.5 Å². The minimum atomic E-state index is -0.0156. The number of aromatic nitrogens is 1. The average Bonchev–Trinajstić information content (AvgIpc) is 3.36. The number of carbonyl (C=O) groups is 1. The van der Waals surface area contributed by atoms with Crippen molar-refractivity contribution in [3.05, 3.63) is 81.7 Å². The summed E-state index contributed by atoms with van der Waals surface area (Å²) >= 11 is 0. The van der Waals surface area contributed by atoms with E-state index in [-0.39, 0.29) is 12.7 Å². The van der Waals surface area contributed by atoms with Gasteiger partial charge in [0.2, 0.25) is 6.79 Å². The van der Waals surface area contributed by atoms with Crippen LogP contribution in [0.15, 0.2) is 42.5 Å². The third kappa shape index (κ3) is 3.69. The number of fused-ring (bicyclic) bond motifs is 2. The van der Waals surface area contributed by atoms with Gasteiger partial charge in [0.25, 0.3) is 5.91 Å². The van der Waals surface area contributed by atoms with Crippen LogP contribution in [0.4, 0.5) is 0 Å². The molecule has 1 aromatic heterocycles. The smallest absolute Gasteiger partial charge is 0.268 e. The van der Waals surface area contributed by atoms with Crippen molar-refractivity contribution in [2.24, 2.45) is 0 Å². The van der Waals surface area contributed by atoms with Gasteiger partial charge in [0, 0.05) is 18.8 Å². The molecule has 5 nitrogen and oxygen atoms in total. The topological polar surface area (TPSA) is 52.5 Å². The Bertz CT molecular complexity index is 1150. The lowest BCUT2D eigenvalue weighted by molar-refractivity contribution is 0.0941. The molecule has 0 spiro atoms. The first-order chi connectivity index (χ1) is 15.1. The number of carbonyl (C=O) groups excluding carboxylic acids is 1. The molecule has 0 saturated carbocycles. The van der Waals surface area contributed by atoms with E-state index in [1.807, 2.05) is 18.2 Å². The molecule has 0 saturated heterocycles. The van der Waals surface area contributed by atoms with Crippen LogP contribution in [-0.4, -0.2) is 17.3 Å². The summed E-state index contributed by atoms with van der Waals surface area (Å²) in [4.78, 5) is 13.4. The summed E-state index contributed by atoms with van der Waals surface area (Å²) in [5, 5.41) is 3.14. The van der Waals surface area contributed by atoms with E-state index in [1.54, 1.807) is 0 Å². The van der Waals surface area contributed by atoms with Gasteiger partial charge in [-0.2, -0.15) is 0 Å². The van der Waals surface area contributed by atoms with Crippen LogP contribution in [-0.2, 0) is 25.9 Å². The second-order valence-electron chi connectivity index (χ2n) is 8.49. The van der Waals surface area contributed by atoms with Crippen LogP contribution in [0.1, 0.15) is 56.8 Å². The maximum absolute atomic E-state index is 13.4. The van der Waals surface area contributed by atoms with E-state index in [0.29, 0.717) is 6.54 Å². The Morgan fingerprint density at radius 2 is 1.84 bits per heavy atom. The lowest BCUT2D eigenvalue weighted by Gasteiger charge is -2.18. The lowest BCUT2D eigenvalue weighted by atomic mass is 9.95. The Morgan fingerprint density at radius 3 is 2.71 bits per heavy atom. The lowest BCUT2D eigenvalue weighted by Crippen LogP contribution is -2.27. The maximum Gasteiger partial charge on any atom is 0.268 e. The second kappa shape index (κ2) is 8.14. The highest BCUT2D eigenvalue weighted by Gasteiger charge is 2.26. The van der Waals surface area contributed by atoms with Crippen LogP contribution in [0.5, 0.6) is 11.5 Å². The minimum absolute atomic E-state index is 0.0156. The standard InChI is InChI=1S/C26H28N2O3/c1-17-7-3-4-8-20(17)15-28-22-10-6-5-9-21(22)18(2)25(28)26(29)27-14-19-11-12-23-24(13-19)31-16-30-23/h3-4,7-8,11-13H,5-6,9-10,14-16H2,1-2H3,(H,27,29). The first-order valence-electron chi connectivity index (χ1n) is 11.0. The molecule has 1 N–H and O–H groups in total. The molecule has 31 heavy (non-hydrogen) atoms. The number of nitrogens with one attached hydrogen (secondary N) is 1. The predicted molar refractivity (Wildman–Crippen MR) is 120 cm³/mol. The Kier molecular flexibility index (Phi) is 5.18. The third-order valence-electron chi connectivity index (χ3n) is 6.54. The van der Waals surface area contributed by atoms with Crippen molar-refractivity contribution in [2.45, 2.75) is 52.6 Å². The minimum Gasteiger partial charge on any atom is -0.454 e. The van der Waals surface area contributed by atoms with Gasteiger partial charge < -0.3 is 19.4 Å². The van der Waals surface area contributed by atoms with Gasteiger partial charge in [-0.3, -0.25) is 4.79 Å². The number of nitrogens with zero attached hydrogens (tertiary/aromatic N) is 1. The van der Waals surface area contributed by atoms with E-state index in [1.165, 1.54) is 35.2 Å². The van der Waals surface area contributed by atoms with Crippen LogP contribution in [0.2, 0.25) is 0 Å². The van der Waals surface area contributed by atoms with Gasteiger partial charge in [-0.15, -0.1) is 0 Å². The molecule has 2 heterocycles. The summed E-state index contributed by atoms with van der Waals surface area (Å²) in [6.45, 7) is 5.68. The summed E-state index contributed by atoms with van der Waals surface area (Å²) in [6, 6.07) is 14.2. The second-order valence-corrected chi connectivity index (χ2v) is 8.49. The van der Waals surface area contributed by atoms with Crippen LogP contribution in [0.3, 0.4) is 0 Å². The SMILES string of the molecule is Cc1ccccc1Cn1c2c(c(C)c1C(=O)NCc1ccc3c(c1)OCO3)CCCC2. The van der Waals surface area contributed by atoms with Crippen molar-refractivity contribution >= 4 is 5.91 Å². The quantitative estimate of drug-likeness (QED) is 0.656. The largest absolute Gasteiger partial charge is 0.454 e. The first kappa shape index (κ1) is 19.7. The Hall–Kier alpha value is -3.21. The molecule has 5 heteroatoms. The summed E-state index contributed by atoms with van der Waals surface area (Å²) < 4.78 is 13.1. The van der Waals surface area contributed by atoms with E-state index < -0.39 is 0 Å². The van der Waals surface area contributed by atoms with Crippen LogP contribution in [0, 0.1) is 13.8 Å². The molecule has 3 aromatic rings. The molecule has 2 aliphatic rings. The molecule has 1 aliphatic carbocycles. The number of ether oxygens (including phenoxy) is 2. The molecule has 0 bridgehead atoms. The van der Waals surface area contributed by atoms with Gasteiger partial charge in [0.1, 0.15) is 5.69 Å². The van der Waals surface area contributed by atoms with Crippen LogP contribution < -0.4 is 14.8 Å². The fraction of sp³-hybridized carbons (Fsp3) is 0.346. The molecular weight excluding hydrogens is 388 g/mol. The molecule has 0 radical (unpaired) electrons. The number of rotatable bonds is 5. The maximum atomic E-state index is 13.4. The summed E-state index contributed by atoms with van der Waals surface area (Å²) in [5.74, 6) is 1.48. The van der Waals surface area contributed by atoms with Gasteiger partial charge in [0.05, 0.1) is 0 Å². The molecule has 160 valence electrons. The zero-order valence-electron chi connectivity index (χ0n) is 18.2. The average molecular weight is 417 g/mol. The van der Waals surface area contributed by atoms with Crippen molar-refractivity contribution < 1.29 is 14.3 Å². The van der Waals surface area contributed by atoms with Gasteiger partial charge in [-0.05, 0) is 79.5 Å². The van der Waals surface area contributed by atoms with Crippen molar-refractivity contribution in [1.82, 2.24) is 9.88 Å². The Balaban J connectivity index is 1.44. The van der Waals surface area contributed by atoms with Gasteiger partial charge in [0.15, 0.2) is 11.5 Å². The van der Waals surface area contributed by atoms with Crippen molar-refractivity contribution in [2.75, 3.05) is 6.79 Å². The van der Waals surface area contributed by atoms with Gasteiger partial charge in [-0.1, -0.05) is 30.3 Å². The highest BCUT2D eigenvalue weighted by molar-refractivity contribution is 5.95. The molecule has 0 unspecified atom stereocenters. The monoisotopic (exact) mass is 416 g/mol. The number of benzene rings is 2. The van der Waals surface area contributed by atoms with Crippen molar-refractivity contribution in [3.63, 3.8) is 0 Å². The number of hydrogen-bond acceptors (Lipinski definition) is 3. The predicted octanol–water partition coefficient (Wildman–Crippen LogP) is 4.69. The van der Waals surface area contributed by atoms with Crippen molar-refractivity contribution in [1.29, 1.82) is 0 Å². The highest BCUT2D eigenvalue weighted by atomic mass is 16.7. The number of hydrogen-bond donors (Lipinski definition) is 1. The third-order valence-corrected chi connectivity index (χ3v) is 6.54. The molecule has 0 atom stereocenters. The van der Waals surface area contributed by atoms with E-state index in [2.05, 4.69) is 48.0 Å².